The van der Waals surface area contributed by atoms with E-state index in [2.05, 4.69) is 0 Å². The Labute approximate surface area is 124 Å². The van der Waals surface area contributed by atoms with Crippen LogP contribution in [-0.4, -0.2) is 28.1 Å². The molecule has 2 aromatic carbocycles. The topological polar surface area (TPSA) is 60.8 Å². The lowest BCUT2D eigenvalue weighted by Crippen LogP contribution is -2.34. The Balaban J connectivity index is 2.18. The second-order valence-electron chi connectivity index (χ2n) is 5.00. The minimum absolute atomic E-state index is 0.138. The van der Waals surface area contributed by atoms with E-state index in [0.29, 0.717) is 11.1 Å². The summed E-state index contributed by atoms with van der Waals surface area (Å²) in [6.45, 7) is 1.81. The van der Waals surface area contributed by atoms with Crippen molar-refractivity contribution in [1.29, 1.82) is 0 Å². The molecule has 2 unspecified atom stereocenters. The SMILES string of the molecule is CC(c1ccccc1O)N(C)C(=O)C(O)c1ccccc1. The molecule has 0 spiro atoms. The fraction of sp³-hybridized carbons (Fsp3) is 0.235. The van der Waals surface area contributed by atoms with Gasteiger partial charge in [0.1, 0.15) is 5.75 Å². The van der Waals surface area contributed by atoms with E-state index in [1.54, 1.807) is 55.6 Å². The zero-order valence-electron chi connectivity index (χ0n) is 12.1. The van der Waals surface area contributed by atoms with Crippen LogP contribution in [0, 0.1) is 0 Å². The molecule has 2 N–H and O–H groups in total. The zero-order valence-corrected chi connectivity index (χ0v) is 12.1. The molecule has 1 amide bonds. The molecular formula is C17H19NO3. The maximum Gasteiger partial charge on any atom is 0.256 e. The number of carbonyl (C=O) groups is 1. The first kappa shape index (κ1) is 15.1. The number of hydrogen-bond donors (Lipinski definition) is 2. The first-order valence-electron chi connectivity index (χ1n) is 6.80. The summed E-state index contributed by atoms with van der Waals surface area (Å²) >= 11 is 0. The van der Waals surface area contributed by atoms with Crippen LogP contribution in [0.1, 0.15) is 30.2 Å². The third kappa shape index (κ3) is 3.23. The van der Waals surface area contributed by atoms with E-state index in [4.69, 9.17) is 0 Å². The molecule has 2 atom stereocenters. The van der Waals surface area contributed by atoms with Gasteiger partial charge < -0.3 is 15.1 Å². The zero-order chi connectivity index (χ0) is 15.4. The average Bonchev–Trinajstić information content (AvgIpc) is 2.53. The number of phenols is 1. The average molecular weight is 285 g/mol. The predicted molar refractivity (Wildman–Crippen MR) is 80.7 cm³/mol. The normalized spacial score (nSPS) is 13.5. The molecule has 0 aliphatic rings. The van der Waals surface area contributed by atoms with Crippen molar-refractivity contribution >= 4 is 5.91 Å². The molecule has 4 heteroatoms. The van der Waals surface area contributed by atoms with Crippen molar-refractivity contribution in [3.8, 4) is 5.75 Å². The number of aliphatic hydroxyl groups excluding tert-OH is 1. The van der Waals surface area contributed by atoms with Crippen LogP contribution in [0.25, 0.3) is 0 Å². The molecule has 0 aromatic heterocycles. The minimum Gasteiger partial charge on any atom is -0.508 e. The molecule has 0 bridgehead atoms. The van der Waals surface area contributed by atoms with Gasteiger partial charge in [-0.15, -0.1) is 0 Å². The van der Waals surface area contributed by atoms with Gasteiger partial charge in [0.2, 0.25) is 0 Å². The van der Waals surface area contributed by atoms with Crippen molar-refractivity contribution in [3.63, 3.8) is 0 Å². The lowest BCUT2D eigenvalue weighted by Gasteiger charge is -2.28. The van der Waals surface area contributed by atoms with Gasteiger partial charge in [-0.25, -0.2) is 0 Å². The smallest absolute Gasteiger partial charge is 0.256 e. The summed E-state index contributed by atoms with van der Waals surface area (Å²) in [4.78, 5) is 13.8. The van der Waals surface area contributed by atoms with Crippen LogP contribution in [0.4, 0.5) is 0 Å². The van der Waals surface area contributed by atoms with E-state index >= 15 is 0 Å². The monoisotopic (exact) mass is 285 g/mol. The van der Waals surface area contributed by atoms with Gasteiger partial charge >= 0.3 is 0 Å². The van der Waals surface area contributed by atoms with E-state index < -0.39 is 12.0 Å². The van der Waals surface area contributed by atoms with Gasteiger partial charge in [-0.1, -0.05) is 48.5 Å². The maximum absolute atomic E-state index is 12.4. The molecule has 0 heterocycles. The number of aromatic hydroxyl groups is 1. The Morgan fingerprint density at radius 1 is 1.05 bits per heavy atom. The van der Waals surface area contributed by atoms with Gasteiger partial charge in [-0.05, 0) is 18.6 Å². The predicted octanol–water partition coefficient (Wildman–Crippen LogP) is 2.65. The third-order valence-corrected chi connectivity index (χ3v) is 3.66. The summed E-state index contributed by atoms with van der Waals surface area (Å²) in [5, 5.41) is 20.0. The fourth-order valence-corrected chi connectivity index (χ4v) is 2.21. The van der Waals surface area contributed by atoms with Crippen molar-refractivity contribution in [2.75, 3.05) is 7.05 Å². The number of hydrogen-bond acceptors (Lipinski definition) is 3. The van der Waals surface area contributed by atoms with Crippen molar-refractivity contribution in [1.82, 2.24) is 4.90 Å². The Kier molecular flexibility index (Phi) is 4.60. The van der Waals surface area contributed by atoms with Crippen molar-refractivity contribution in [2.45, 2.75) is 19.1 Å². The number of para-hydroxylation sites is 1. The summed E-state index contributed by atoms with van der Waals surface area (Å²) in [6, 6.07) is 15.3. The van der Waals surface area contributed by atoms with Gasteiger partial charge in [0, 0.05) is 12.6 Å². The summed E-state index contributed by atoms with van der Waals surface area (Å²) in [6.07, 6.45) is -1.20. The Hall–Kier alpha value is -2.33. The van der Waals surface area contributed by atoms with E-state index in [9.17, 15) is 15.0 Å². The van der Waals surface area contributed by atoms with E-state index in [-0.39, 0.29) is 11.8 Å². The summed E-state index contributed by atoms with van der Waals surface area (Å²) in [5.41, 5.74) is 1.20. The molecular weight excluding hydrogens is 266 g/mol. The van der Waals surface area contributed by atoms with Gasteiger partial charge in [0.05, 0.1) is 6.04 Å². The first-order valence-corrected chi connectivity index (χ1v) is 6.80. The molecule has 21 heavy (non-hydrogen) atoms. The lowest BCUT2D eigenvalue weighted by atomic mass is 10.0. The molecule has 0 radical (unpaired) electrons. The Morgan fingerprint density at radius 3 is 2.24 bits per heavy atom. The summed E-state index contributed by atoms with van der Waals surface area (Å²) in [5.74, 6) is -0.268. The molecule has 0 saturated heterocycles. The van der Waals surface area contributed by atoms with E-state index in [1.807, 2.05) is 13.0 Å². The van der Waals surface area contributed by atoms with Crippen molar-refractivity contribution < 1.29 is 15.0 Å². The maximum atomic E-state index is 12.4. The van der Waals surface area contributed by atoms with Crippen LogP contribution in [-0.2, 0) is 4.79 Å². The van der Waals surface area contributed by atoms with Crippen LogP contribution < -0.4 is 0 Å². The van der Waals surface area contributed by atoms with Crippen LogP contribution >= 0.6 is 0 Å². The highest BCUT2D eigenvalue weighted by atomic mass is 16.3. The highest BCUT2D eigenvalue weighted by Crippen LogP contribution is 2.29. The van der Waals surface area contributed by atoms with Gasteiger partial charge in [0.15, 0.2) is 6.10 Å². The molecule has 2 aromatic rings. The number of phenolic OH excluding ortho intramolecular Hbond substituents is 1. The highest BCUT2D eigenvalue weighted by Gasteiger charge is 2.26. The van der Waals surface area contributed by atoms with Gasteiger partial charge in [-0.2, -0.15) is 0 Å². The van der Waals surface area contributed by atoms with E-state index in [0.717, 1.165) is 0 Å². The molecule has 0 aliphatic carbocycles. The fourth-order valence-electron chi connectivity index (χ4n) is 2.21. The van der Waals surface area contributed by atoms with Crippen LogP contribution in [0.3, 0.4) is 0 Å². The molecule has 4 nitrogen and oxygen atoms in total. The van der Waals surface area contributed by atoms with Crippen molar-refractivity contribution in [2.24, 2.45) is 0 Å². The number of likely N-dealkylation sites (N-methyl/N-ethyl adjacent to an activating group) is 1. The number of amides is 1. The number of nitrogens with zero attached hydrogens (tertiary/aromatic N) is 1. The summed E-state index contributed by atoms with van der Waals surface area (Å²) < 4.78 is 0. The van der Waals surface area contributed by atoms with Crippen LogP contribution in [0.15, 0.2) is 54.6 Å². The highest BCUT2D eigenvalue weighted by molar-refractivity contribution is 5.82. The van der Waals surface area contributed by atoms with E-state index in [1.165, 1.54) is 4.90 Å². The minimum atomic E-state index is -1.20. The molecule has 0 aliphatic heterocycles. The second kappa shape index (κ2) is 6.41. The van der Waals surface area contributed by atoms with Crippen molar-refractivity contribution in [3.05, 3.63) is 65.7 Å². The standard InChI is InChI=1S/C17H19NO3/c1-12(14-10-6-7-11-15(14)19)18(2)17(21)16(20)13-8-4-3-5-9-13/h3-12,16,19-20H,1-2H3. The number of aliphatic hydroxyl groups is 1. The third-order valence-electron chi connectivity index (χ3n) is 3.66. The van der Waals surface area contributed by atoms with Gasteiger partial charge in [-0.3, -0.25) is 4.79 Å². The number of carbonyl (C=O) groups excluding carboxylic acids is 1. The largest absolute Gasteiger partial charge is 0.508 e. The summed E-state index contributed by atoms with van der Waals surface area (Å²) in [7, 11) is 1.62. The van der Waals surface area contributed by atoms with Crippen LogP contribution in [0.5, 0.6) is 5.75 Å². The Bertz CT molecular complexity index is 612. The number of benzene rings is 2. The molecule has 0 saturated carbocycles. The number of rotatable bonds is 4. The molecule has 110 valence electrons. The lowest BCUT2D eigenvalue weighted by molar-refractivity contribution is -0.141. The Morgan fingerprint density at radius 2 is 1.62 bits per heavy atom. The quantitative estimate of drug-likeness (QED) is 0.908. The van der Waals surface area contributed by atoms with Crippen LogP contribution in [0.2, 0.25) is 0 Å². The molecule has 0 fully saturated rings. The second-order valence-corrected chi connectivity index (χ2v) is 5.00. The first-order chi connectivity index (χ1) is 10.0. The van der Waals surface area contributed by atoms with Gasteiger partial charge in [0.25, 0.3) is 5.91 Å². The molecule has 2 rings (SSSR count).